The lowest BCUT2D eigenvalue weighted by Crippen LogP contribution is -2.42. The normalized spacial score (nSPS) is 17.2. The number of fused-ring (bicyclic) bond motifs is 2. The number of aryl methyl sites for hydroxylation is 1. The summed E-state index contributed by atoms with van der Waals surface area (Å²) in [6, 6.07) is 5.33. The largest absolute Gasteiger partial charge is 0.466 e. The van der Waals surface area contributed by atoms with Crippen LogP contribution < -0.4 is 5.56 Å². The van der Waals surface area contributed by atoms with E-state index in [4.69, 9.17) is 4.74 Å². The molecule has 1 amide bonds. The minimum absolute atomic E-state index is 0.165. The molecular formula is C20H21N3O4S. The zero-order valence-electron chi connectivity index (χ0n) is 15.8. The number of rotatable bonds is 3. The van der Waals surface area contributed by atoms with Crippen LogP contribution in [0, 0.1) is 12.8 Å². The van der Waals surface area contributed by atoms with Crippen LogP contribution in [0.1, 0.15) is 35.0 Å². The average molecular weight is 399 g/mol. The van der Waals surface area contributed by atoms with Gasteiger partial charge in [-0.2, -0.15) is 0 Å². The number of esters is 1. The Hall–Kier alpha value is -2.74. The standard InChI is InChI=1S/C20H21N3O4S/c1-3-27-20(26)13-7-5-8-22(11-13)19(25)15-10-14-17(28-15)21-16-12(2)6-4-9-23(16)18(14)24/h4,6,9-10,13H,3,5,7-8,11H2,1-2H3/t13-/m0/s1. The van der Waals surface area contributed by atoms with Crippen LogP contribution in [0.15, 0.2) is 29.2 Å². The third kappa shape index (κ3) is 3.17. The molecule has 1 aliphatic heterocycles. The van der Waals surface area contributed by atoms with Crippen molar-refractivity contribution >= 4 is 39.1 Å². The number of nitrogens with zero attached hydrogens (tertiary/aromatic N) is 3. The number of ether oxygens (including phenoxy) is 1. The summed E-state index contributed by atoms with van der Waals surface area (Å²) < 4.78 is 6.62. The molecule has 1 aliphatic rings. The van der Waals surface area contributed by atoms with Gasteiger partial charge in [0, 0.05) is 19.3 Å². The molecule has 1 saturated heterocycles. The first kappa shape index (κ1) is 18.6. The van der Waals surface area contributed by atoms with Crippen LogP contribution in [-0.4, -0.2) is 45.9 Å². The summed E-state index contributed by atoms with van der Waals surface area (Å²) in [5.41, 5.74) is 1.32. The van der Waals surface area contributed by atoms with E-state index >= 15 is 0 Å². The highest BCUT2D eigenvalue weighted by atomic mass is 32.1. The second kappa shape index (κ2) is 7.35. The highest BCUT2D eigenvalue weighted by molar-refractivity contribution is 7.20. The number of amides is 1. The fraction of sp³-hybridized carbons (Fsp3) is 0.400. The summed E-state index contributed by atoms with van der Waals surface area (Å²) in [6.45, 7) is 4.95. The summed E-state index contributed by atoms with van der Waals surface area (Å²) in [4.78, 5) is 45.2. The molecule has 0 unspecified atom stereocenters. The summed E-state index contributed by atoms with van der Waals surface area (Å²) in [7, 11) is 0. The fourth-order valence-corrected chi connectivity index (χ4v) is 4.62. The van der Waals surface area contributed by atoms with E-state index in [0.717, 1.165) is 18.4 Å². The van der Waals surface area contributed by atoms with Gasteiger partial charge in [0.2, 0.25) is 0 Å². The molecule has 1 fully saturated rings. The number of hydrogen-bond acceptors (Lipinski definition) is 6. The van der Waals surface area contributed by atoms with E-state index in [1.54, 1.807) is 30.2 Å². The molecule has 0 bridgehead atoms. The van der Waals surface area contributed by atoms with Gasteiger partial charge in [0.15, 0.2) is 0 Å². The monoisotopic (exact) mass is 399 g/mol. The molecule has 28 heavy (non-hydrogen) atoms. The molecule has 7 nitrogen and oxygen atoms in total. The Morgan fingerprint density at radius 2 is 2.21 bits per heavy atom. The van der Waals surface area contributed by atoms with Gasteiger partial charge in [-0.1, -0.05) is 6.07 Å². The van der Waals surface area contributed by atoms with Gasteiger partial charge in [-0.15, -0.1) is 11.3 Å². The molecular weight excluding hydrogens is 378 g/mol. The zero-order chi connectivity index (χ0) is 19.8. The smallest absolute Gasteiger partial charge is 0.310 e. The first-order valence-electron chi connectivity index (χ1n) is 9.37. The van der Waals surface area contributed by atoms with Crippen molar-refractivity contribution < 1.29 is 14.3 Å². The molecule has 0 radical (unpaired) electrons. The van der Waals surface area contributed by atoms with E-state index < -0.39 is 0 Å². The summed E-state index contributed by atoms with van der Waals surface area (Å²) in [5.74, 6) is -0.707. The molecule has 0 saturated carbocycles. The molecule has 4 rings (SSSR count). The van der Waals surface area contributed by atoms with Crippen molar-refractivity contribution in [2.75, 3.05) is 19.7 Å². The first-order valence-corrected chi connectivity index (χ1v) is 10.2. The Morgan fingerprint density at radius 1 is 1.39 bits per heavy atom. The van der Waals surface area contributed by atoms with Crippen LogP contribution in [0.5, 0.6) is 0 Å². The average Bonchev–Trinajstić information content (AvgIpc) is 3.13. The molecule has 3 aromatic heterocycles. The Bertz CT molecular complexity index is 1130. The van der Waals surface area contributed by atoms with E-state index in [1.165, 1.54) is 15.7 Å². The number of aromatic nitrogens is 2. The molecule has 1 atom stereocenters. The number of thiophene rings is 1. The predicted molar refractivity (Wildman–Crippen MR) is 107 cm³/mol. The van der Waals surface area contributed by atoms with Crippen LogP contribution in [0.25, 0.3) is 15.9 Å². The Morgan fingerprint density at radius 3 is 3.00 bits per heavy atom. The van der Waals surface area contributed by atoms with Crippen molar-refractivity contribution in [1.29, 1.82) is 0 Å². The maximum absolute atomic E-state index is 13.0. The second-order valence-corrected chi connectivity index (χ2v) is 8.00. The third-order valence-electron chi connectivity index (χ3n) is 5.07. The number of hydrogen-bond donors (Lipinski definition) is 0. The van der Waals surface area contributed by atoms with Crippen molar-refractivity contribution in [3.05, 3.63) is 45.2 Å². The topological polar surface area (TPSA) is 81.0 Å². The van der Waals surface area contributed by atoms with E-state index in [2.05, 4.69) is 4.98 Å². The molecule has 3 aromatic rings. The lowest BCUT2D eigenvalue weighted by atomic mass is 9.98. The van der Waals surface area contributed by atoms with Crippen LogP contribution in [0.2, 0.25) is 0 Å². The summed E-state index contributed by atoms with van der Waals surface area (Å²) >= 11 is 1.22. The quantitative estimate of drug-likeness (QED) is 0.633. The maximum atomic E-state index is 13.0. The Balaban J connectivity index is 1.67. The Kier molecular flexibility index (Phi) is 4.89. The van der Waals surface area contributed by atoms with Crippen molar-refractivity contribution in [2.45, 2.75) is 26.7 Å². The highest BCUT2D eigenvalue weighted by Crippen LogP contribution is 2.26. The van der Waals surface area contributed by atoms with E-state index in [-0.39, 0.29) is 23.4 Å². The third-order valence-corrected chi connectivity index (χ3v) is 6.09. The van der Waals surface area contributed by atoms with Crippen molar-refractivity contribution in [3.63, 3.8) is 0 Å². The number of carbonyl (C=O) groups excluding carboxylic acids is 2. The minimum Gasteiger partial charge on any atom is -0.466 e. The summed E-state index contributed by atoms with van der Waals surface area (Å²) in [6.07, 6.45) is 3.16. The SMILES string of the molecule is CCOC(=O)[C@H]1CCCN(C(=O)c2cc3c(=O)n4cccc(C)c4nc3s2)C1. The van der Waals surface area contributed by atoms with Gasteiger partial charge in [-0.25, -0.2) is 4.98 Å². The van der Waals surface area contributed by atoms with Gasteiger partial charge in [0.25, 0.3) is 11.5 Å². The van der Waals surface area contributed by atoms with Gasteiger partial charge in [0.05, 0.1) is 22.8 Å². The molecule has 4 heterocycles. The van der Waals surface area contributed by atoms with Crippen molar-refractivity contribution in [1.82, 2.24) is 14.3 Å². The molecule has 0 N–H and O–H groups in total. The van der Waals surface area contributed by atoms with Gasteiger partial charge in [0.1, 0.15) is 10.5 Å². The first-order chi connectivity index (χ1) is 13.5. The van der Waals surface area contributed by atoms with E-state index in [1.807, 2.05) is 13.0 Å². The predicted octanol–water partition coefficient (Wildman–Crippen LogP) is 2.63. The molecule has 146 valence electrons. The van der Waals surface area contributed by atoms with Crippen molar-refractivity contribution in [3.8, 4) is 0 Å². The van der Waals surface area contributed by atoms with E-state index in [0.29, 0.717) is 40.4 Å². The highest BCUT2D eigenvalue weighted by Gasteiger charge is 2.30. The Labute approximate surface area is 165 Å². The number of piperidine rings is 1. The number of pyridine rings is 1. The van der Waals surface area contributed by atoms with Gasteiger partial charge >= 0.3 is 5.97 Å². The number of carbonyl (C=O) groups is 2. The molecule has 0 aromatic carbocycles. The van der Waals surface area contributed by atoms with Crippen LogP contribution in [0.4, 0.5) is 0 Å². The van der Waals surface area contributed by atoms with E-state index in [9.17, 15) is 14.4 Å². The fourth-order valence-electron chi connectivity index (χ4n) is 3.63. The molecule has 0 aliphatic carbocycles. The van der Waals surface area contributed by atoms with Gasteiger partial charge in [-0.3, -0.25) is 18.8 Å². The minimum atomic E-state index is -0.291. The van der Waals surface area contributed by atoms with Crippen LogP contribution in [0.3, 0.4) is 0 Å². The van der Waals surface area contributed by atoms with Crippen LogP contribution in [-0.2, 0) is 9.53 Å². The lowest BCUT2D eigenvalue weighted by Gasteiger charge is -2.31. The maximum Gasteiger partial charge on any atom is 0.310 e. The molecule has 8 heteroatoms. The lowest BCUT2D eigenvalue weighted by molar-refractivity contribution is -0.149. The van der Waals surface area contributed by atoms with Crippen molar-refractivity contribution in [2.24, 2.45) is 5.92 Å². The second-order valence-electron chi connectivity index (χ2n) is 6.97. The molecule has 0 spiro atoms. The zero-order valence-corrected chi connectivity index (χ0v) is 16.6. The van der Waals surface area contributed by atoms with Gasteiger partial charge in [-0.05, 0) is 44.4 Å². The summed E-state index contributed by atoms with van der Waals surface area (Å²) in [5, 5.41) is 0.440. The van der Waals surface area contributed by atoms with Gasteiger partial charge < -0.3 is 9.64 Å². The van der Waals surface area contributed by atoms with Crippen LogP contribution >= 0.6 is 11.3 Å². The number of likely N-dealkylation sites (tertiary alicyclic amines) is 1.